The average Bonchev–Trinajstić information content (AvgIpc) is 2.70. The Morgan fingerprint density at radius 1 is 1.21 bits per heavy atom. The molecule has 4 rings (SSSR count). The number of nitrogens with zero attached hydrogens (tertiary/aromatic N) is 1. The molecule has 0 saturated carbocycles. The van der Waals surface area contributed by atoms with E-state index >= 15 is 0 Å². The highest BCUT2D eigenvalue weighted by molar-refractivity contribution is 5.41. The first kappa shape index (κ1) is 19.2. The van der Waals surface area contributed by atoms with Gasteiger partial charge in [-0.25, -0.2) is 0 Å². The molecular weight excluding hydrogens is 354 g/mol. The van der Waals surface area contributed by atoms with Gasteiger partial charge in [-0.3, -0.25) is 0 Å². The summed E-state index contributed by atoms with van der Waals surface area (Å²) in [6.45, 7) is 4.30. The van der Waals surface area contributed by atoms with Crippen LogP contribution in [-0.2, 0) is 0 Å². The molecule has 0 aromatic heterocycles. The molecule has 2 aromatic carbocycles. The lowest BCUT2D eigenvalue weighted by Crippen LogP contribution is -2.51. The highest BCUT2D eigenvalue weighted by atomic mass is 16.5. The van der Waals surface area contributed by atoms with E-state index in [0.717, 1.165) is 54.1 Å². The van der Waals surface area contributed by atoms with Gasteiger partial charge in [0.1, 0.15) is 17.1 Å². The van der Waals surface area contributed by atoms with Crippen molar-refractivity contribution >= 4 is 0 Å². The normalized spacial score (nSPS) is 22.4. The van der Waals surface area contributed by atoms with E-state index in [4.69, 9.17) is 9.47 Å². The molecule has 0 radical (unpaired) electrons. The van der Waals surface area contributed by atoms with Gasteiger partial charge in [0, 0.05) is 31.6 Å². The number of hydrogen-bond acceptors (Lipinski definition) is 5. The quantitative estimate of drug-likeness (QED) is 0.847. The first-order chi connectivity index (χ1) is 13.5. The summed E-state index contributed by atoms with van der Waals surface area (Å²) in [4.78, 5) is 2.27. The van der Waals surface area contributed by atoms with Gasteiger partial charge in [0.15, 0.2) is 0 Å². The monoisotopic (exact) mass is 383 g/mol. The third-order valence-corrected chi connectivity index (χ3v) is 6.09. The number of rotatable bonds is 4. The van der Waals surface area contributed by atoms with Crippen LogP contribution >= 0.6 is 0 Å². The number of fused-ring (bicyclic) bond motifs is 1. The number of hydrogen-bond donors (Lipinski definition) is 2. The topological polar surface area (TPSA) is 62.2 Å². The van der Waals surface area contributed by atoms with Gasteiger partial charge in [-0.05, 0) is 49.6 Å². The van der Waals surface area contributed by atoms with E-state index in [9.17, 15) is 10.2 Å². The Labute approximate surface area is 166 Å². The number of methoxy groups -OCH3 is 1. The van der Waals surface area contributed by atoms with Crippen LogP contribution in [0.25, 0.3) is 0 Å². The molecule has 150 valence electrons. The van der Waals surface area contributed by atoms with Gasteiger partial charge in [0.25, 0.3) is 0 Å². The summed E-state index contributed by atoms with van der Waals surface area (Å²) < 4.78 is 11.6. The van der Waals surface area contributed by atoms with Crippen LogP contribution < -0.4 is 9.47 Å². The highest BCUT2D eigenvalue weighted by Crippen LogP contribution is 2.44. The van der Waals surface area contributed by atoms with Crippen molar-refractivity contribution in [2.75, 3.05) is 26.7 Å². The fourth-order valence-electron chi connectivity index (χ4n) is 4.41. The second-order valence-corrected chi connectivity index (χ2v) is 8.14. The van der Waals surface area contributed by atoms with Crippen molar-refractivity contribution in [2.45, 2.75) is 44.0 Å². The first-order valence-corrected chi connectivity index (χ1v) is 10.00. The Hall–Kier alpha value is -2.08. The summed E-state index contributed by atoms with van der Waals surface area (Å²) in [6.07, 6.45) is 1.31. The van der Waals surface area contributed by atoms with Crippen molar-refractivity contribution in [1.29, 1.82) is 0 Å². The van der Waals surface area contributed by atoms with E-state index in [1.165, 1.54) is 0 Å². The van der Waals surface area contributed by atoms with Crippen LogP contribution in [0.5, 0.6) is 11.5 Å². The number of likely N-dealkylation sites (tertiary alicyclic amines) is 1. The third-order valence-electron chi connectivity index (χ3n) is 6.09. The molecule has 1 spiro atoms. The maximum Gasteiger partial charge on any atom is 0.125 e. The largest absolute Gasteiger partial charge is 0.497 e. The maximum atomic E-state index is 10.7. The van der Waals surface area contributed by atoms with Crippen molar-refractivity contribution in [3.8, 4) is 11.5 Å². The number of β-amino-alcohol motifs (C(OH)–C–C–N with tert-alkyl or cyclic N) is 1. The molecular formula is C23H29NO4. The Kier molecular flexibility index (Phi) is 5.32. The first-order valence-electron chi connectivity index (χ1n) is 10.00. The zero-order valence-electron chi connectivity index (χ0n) is 16.6. The standard InChI is InChI=1S/C23H29NO4/c1-16-6-7-22-19(12-16)20(25)14-23(28-22)8-10-24(11-9-23)15-21(26)17-4-3-5-18(13-17)27-2/h3-7,12-13,20-21,25-26H,8-11,14-15H2,1-2H3. The number of benzene rings is 2. The molecule has 1 fully saturated rings. The van der Waals surface area contributed by atoms with E-state index in [1.807, 2.05) is 49.4 Å². The molecule has 2 aliphatic rings. The van der Waals surface area contributed by atoms with Crippen LogP contribution in [0.3, 0.4) is 0 Å². The third kappa shape index (κ3) is 3.88. The minimum atomic E-state index is -0.550. The molecule has 2 unspecified atom stereocenters. The van der Waals surface area contributed by atoms with E-state index < -0.39 is 12.2 Å². The minimum Gasteiger partial charge on any atom is -0.497 e. The van der Waals surface area contributed by atoms with Gasteiger partial charge in [0.2, 0.25) is 0 Å². The maximum absolute atomic E-state index is 10.7. The summed E-state index contributed by atoms with van der Waals surface area (Å²) in [6, 6.07) is 13.6. The Bertz CT molecular complexity index is 829. The van der Waals surface area contributed by atoms with Gasteiger partial charge in [-0.1, -0.05) is 23.8 Å². The van der Waals surface area contributed by atoms with Crippen molar-refractivity contribution in [3.63, 3.8) is 0 Å². The molecule has 5 nitrogen and oxygen atoms in total. The van der Waals surface area contributed by atoms with E-state index in [0.29, 0.717) is 13.0 Å². The molecule has 2 N–H and O–H groups in total. The molecule has 1 saturated heterocycles. The second-order valence-electron chi connectivity index (χ2n) is 8.14. The van der Waals surface area contributed by atoms with Crippen LogP contribution in [0.15, 0.2) is 42.5 Å². The van der Waals surface area contributed by atoms with Gasteiger partial charge in [-0.15, -0.1) is 0 Å². The summed E-state index contributed by atoms with van der Waals surface area (Å²) >= 11 is 0. The molecule has 0 amide bonds. The Morgan fingerprint density at radius 2 is 2.00 bits per heavy atom. The average molecular weight is 383 g/mol. The lowest BCUT2D eigenvalue weighted by Gasteiger charge is -2.46. The molecule has 2 aromatic rings. The second kappa shape index (κ2) is 7.74. The fourth-order valence-corrected chi connectivity index (χ4v) is 4.41. The van der Waals surface area contributed by atoms with Gasteiger partial charge < -0.3 is 24.6 Å². The zero-order valence-corrected chi connectivity index (χ0v) is 16.6. The number of piperidine rings is 1. The lowest BCUT2D eigenvalue weighted by molar-refractivity contribution is -0.0588. The molecule has 0 aliphatic carbocycles. The predicted octanol–water partition coefficient (Wildman–Crippen LogP) is 3.39. The van der Waals surface area contributed by atoms with E-state index in [2.05, 4.69) is 4.90 Å². The molecule has 2 aliphatic heterocycles. The summed E-state index contributed by atoms with van der Waals surface area (Å²) in [7, 11) is 1.63. The Balaban J connectivity index is 1.38. The highest BCUT2D eigenvalue weighted by Gasteiger charge is 2.43. The molecule has 28 heavy (non-hydrogen) atoms. The lowest BCUT2D eigenvalue weighted by atomic mass is 9.81. The van der Waals surface area contributed by atoms with Gasteiger partial charge in [-0.2, -0.15) is 0 Å². The minimum absolute atomic E-state index is 0.306. The molecule has 2 heterocycles. The van der Waals surface area contributed by atoms with Crippen LogP contribution in [0, 0.1) is 6.92 Å². The van der Waals surface area contributed by atoms with Crippen molar-refractivity contribution < 1.29 is 19.7 Å². The molecule has 2 atom stereocenters. The van der Waals surface area contributed by atoms with Crippen LogP contribution in [0.1, 0.15) is 48.2 Å². The van der Waals surface area contributed by atoms with E-state index in [1.54, 1.807) is 7.11 Å². The SMILES string of the molecule is COc1cccc(C(O)CN2CCC3(CC2)CC(O)c2cc(C)ccc2O3)c1. The summed E-state index contributed by atoms with van der Waals surface area (Å²) in [5.74, 6) is 1.57. The Morgan fingerprint density at radius 3 is 2.75 bits per heavy atom. The van der Waals surface area contributed by atoms with Crippen molar-refractivity contribution in [2.24, 2.45) is 0 Å². The van der Waals surface area contributed by atoms with Crippen LogP contribution in [0.4, 0.5) is 0 Å². The van der Waals surface area contributed by atoms with E-state index in [-0.39, 0.29) is 5.60 Å². The predicted molar refractivity (Wildman–Crippen MR) is 108 cm³/mol. The van der Waals surface area contributed by atoms with Crippen LogP contribution in [0.2, 0.25) is 0 Å². The van der Waals surface area contributed by atoms with Gasteiger partial charge in [0.05, 0.1) is 19.3 Å². The number of aliphatic hydroxyl groups excluding tert-OH is 2. The van der Waals surface area contributed by atoms with Gasteiger partial charge >= 0.3 is 0 Å². The molecule has 5 heteroatoms. The smallest absolute Gasteiger partial charge is 0.125 e. The molecule has 0 bridgehead atoms. The summed E-state index contributed by atoms with van der Waals surface area (Å²) in [5, 5.41) is 21.3. The van der Waals surface area contributed by atoms with Crippen molar-refractivity contribution in [1.82, 2.24) is 4.90 Å². The summed E-state index contributed by atoms with van der Waals surface area (Å²) in [5.41, 5.74) is 2.60. The number of ether oxygens (including phenoxy) is 2. The fraction of sp³-hybridized carbons (Fsp3) is 0.478. The number of aliphatic hydroxyl groups is 2. The van der Waals surface area contributed by atoms with Crippen LogP contribution in [-0.4, -0.2) is 47.5 Å². The zero-order chi connectivity index (χ0) is 19.7. The van der Waals surface area contributed by atoms with Crippen molar-refractivity contribution in [3.05, 3.63) is 59.2 Å². The number of aryl methyl sites for hydroxylation is 1.